The summed E-state index contributed by atoms with van der Waals surface area (Å²) in [5.41, 5.74) is 1.06. The smallest absolute Gasteiger partial charge is 0.235 e. The maximum Gasteiger partial charge on any atom is 0.235 e. The lowest BCUT2D eigenvalue weighted by atomic mass is 9.87. The van der Waals surface area contributed by atoms with E-state index >= 15 is 0 Å². The van der Waals surface area contributed by atoms with Crippen LogP contribution >= 0.6 is 0 Å². The predicted molar refractivity (Wildman–Crippen MR) is 99.5 cm³/mol. The van der Waals surface area contributed by atoms with E-state index in [-0.39, 0.29) is 11.8 Å². The number of nitrogens with zero attached hydrogens (tertiary/aromatic N) is 2. The van der Waals surface area contributed by atoms with E-state index in [0.29, 0.717) is 32.4 Å². The van der Waals surface area contributed by atoms with Crippen LogP contribution in [0.2, 0.25) is 0 Å². The van der Waals surface area contributed by atoms with Gasteiger partial charge in [-0.15, -0.1) is 0 Å². The highest BCUT2D eigenvalue weighted by molar-refractivity contribution is 6.03. The molecule has 5 nitrogen and oxygen atoms in total. The molecule has 2 amide bonds. The number of para-hydroxylation sites is 3. The van der Waals surface area contributed by atoms with E-state index in [4.69, 9.17) is 4.74 Å². The summed E-state index contributed by atoms with van der Waals surface area (Å²) in [5.74, 6) is 0.821. The molecule has 0 atom stereocenters. The van der Waals surface area contributed by atoms with Gasteiger partial charge >= 0.3 is 0 Å². The molecule has 2 aromatic carbocycles. The first kappa shape index (κ1) is 16.6. The molecule has 2 aromatic rings. The van der Waals surface area contributed by atoms with Crippen molar-refractivity contribution in [1.82, 2.24) is 4.90 Å². The highest BCUT2D eigenvalue weighted by atomic mass is 16.5. The minimum absolute atomic E-state index is 0.0254. The second kappa shape index (κ2) is 6.48. The second-order valence-electron chi connectivity index (χ2n) is 7.00. The first-order valence-corrected chi connectivity index (χ1v) is 9.00. The fraction of sp³-hybridized carbons (Fsp3) is 0.333. The molecule has 0 aliphatic carbocycles. The van der Waals surface area contributed by atoms with Gasteiger partial charge < -0.3 is 9.64 Å². The van der Waals surface area contributed by atoms with Crippen LogP contribution < -0.4 is 9.64 Å². The van der Waals surface area contributed by atoms with E-state index in [0.717, 1.165) is 17.1 Å². The van der Waals surface area contributed by atoms with Gasteiger partial charge in [0.15, 0.2) is 0 Å². The lowest BCUT2D eigenvalue weighted by Crippen LogP contribution is -2.50. The van der Waals surface area contributed by atoms with Gasteiger partial charge in [0.1, 0.15) is 11.4 Å². The third-order valence-electron chi connectivity index (χ3n) is 5.29. The first-order chi connectivity index (χ1) is 12.6. The van der Waals surface area contributed by atoms with Crippen LogP contribution in [0.4, 0.5) is 11.4 Å². The number of carbonyl (C=O) groups excluding carboxylic acids is 2. The van der Waals surface area contributed by atoms with Gasteiger partial charge in [0.2, 0.25) is 11.8 Å². The number of amides is 2. The molecule has 0 N–H and O–H groups in total. The normalized spacial score (nSPS) is 18.9. The molecular formula is C21H22N2O3. The van der Waals surface area contributed by atoms with Crippen LogP contribution in [0.15, 0.2) is 54.6 Å². The van der Waals surface area contributed by atoms with Crippen molar-refractivity contribution in [3.05, 3.63) is 54.6 Å². The van der Waals surface area contributed by atoms with Gasteiger partial charge in [-0.25, -0.2) is 0 Å². The molecule has 0 unspecified atom stereocenters. The van der Waals surface area contributed by atoms with Gasteiger partial charge in [0.25, 0.3) is 0 Å². The molecule has 0 aromatic heterocycles. The fourth-order valence-corrected chi connectivity index (χ4v) is 3.85. The average molecular weight is 350 g/mol. The Balaban J connectivity index is 1.71. The molecule has 0 bridgehead atoms. The zero-order chi connectivity index (χ0) is 18.1. The first-order valence-electron chi connectivity index (χ1n) is 9.00. The van der Waals surface area contributed by atoms with Crippen LogP contribution in [0, 0.1) is 0 Å². The number of anilines is 2. The summed E-state index contributed by atoms with van der Waals surface area (Å²) in [6, 6.07) is 17.4. The Morgan fingerprint density at radius 2 is 1.65 bits per heavy atom. The number of benzene rings is 2. The van der Waals surface area contributed by atoms with E-state index in [1.807, 2.05) is 59.5 Å². The highest BCUT2D eigenvalue weighted by Crippen LogP contribution is 2.43. The van der Waals surface area contributed by atoms with Gasteiger partial charge in [-0.1, -0.05) is 30.3 Å². The van der Waals surface area contributed by atoms with Crippen molar-refractivity contribution < 1.29 is 14.3 Å². The Kier molecular flexibility index (Phi) is 4.15. The Bertz CT molecular complexity index is 826. The lowest BCUT2D eigenvalue weighted by molar-refractivity contribution is -0.133. The number of fused-ring (bicyclic) bond motifs is 1. The standard InChI is InChI=1S/C21H22N2O3/c1-16(24)22-13-11-21(12-14-22)15-20(25)23(17-7-3-2-4-8-17)18-9-5-6-10-19(18)26-21/h2-10H,11-15H2,1H3. The van der Waals surface area contributed by atoms with Gasteiger partial charge in [-0.3, -0.25) is 14.5 Å². The summed E-state index contributed by atoms with van der Waals surface area (Å²) < 4.78 is 6.44. The van der Waals surface area contributed by atoms with E-state index in [1.54, 1.807) is 11.8 Å². The summed E-state index contributed by atoms with van der Waals surface area (Å²) in [5, 5.41) is 0. The van der Waals surface area contributed by atoms with Crippen molar-refractivity contribution in [2.24, 2.45) is 0 Å². The molecule has 2 heterocycles. The number of piperidine rings is 1. The summed E-state index contributed by atoms with van der Waals surface area (Å²) in [6.45, 7) is 2.83. The van der Waals surface area contributed by atoms with E-state index in [9.17, 15) is 9.59 Å². The Morgan fingerprint density at radius 1 is 1.00 bits per heavy atom. The predicted octanol–water partition coefficient (Wildman–Crippen LogP) is 3.51. The quantitative estimate of drug-likeness (QED) is 0.791. The van der Waals surface area contributed by atoms with Gasteiger partial charge in [-0.2, -0.15) is 0 Å². The monoisotopic (exact) mass is 350 g/mol. The third kappa shape index (κ3) is 2.94. The van der Waals surface area contributed by atoms with Crippen molar-refractivity contribution in [2.45, 2.75) is 31.8 Å². The maximum atomic E-state index is 13.2. The van der Waals surface area contributed by atoms with Crippen LogP contribution in [0.5, 0.6) is 5.75 Å². The molecule has 26 heavy (non-hydrogen) atoms. The highest BCUT2D eigenvalue weighted by Gasteiger charge is 2.43. The average Bonchev–Trinajstić information content (AvgIpc) is 2.76. The SMILES string of the molecule is CC(=O)N1CCC2(CC1)CC(=O)N(c1ccccc1)c1ccccc1O2. The summed E-state index contributed by atoms with van der Waals surface area (Å²) >= 11 is 0. The molecule has 1 saturated heterocycles. The molecular weight excluding hydrogens is 328 g/mol. The Hall–Kier alpha value is -2.82. The van der Waals surface area contributed by atoms with Crippen LogP contribution in [-0.2, 0) is 9.59 Å². The van der Waals surface area contributed by atoms with Gasteiger partial charge in [0, 0.05) is 38.5 Å². The number of hydrogen-bond acceptors (Lipinski definition) is 3. The molecule has 0 radical (unpaired) electrons. The van der Waals surface area contributed by atoms with Crippen molar-refractivity contribution in [3.63, 3.8) is 0 Å². The maximum absolute atomic E-state index is 13.2. The largest absolute Gasteiger partial charge is 0.484 e. The zero-order valence-electron chi connectivity index (χ0n) is 14.9. The lowest BCUT2D eigenvalue weighted by Gasteiger charge is -2.40. The van der Waals surface area contributed by atoms with Crippen molar-refractivity contribution >= 4 is 23.2 Å². The van der Waals surface area contributed by atoms with Crippen LogP contribution in [0.1, 0.15) is 26.2 Å². The van der Waals surface area contributed by atoms with Crippen LogP contribution in [0.3, 0.4) is 0 Å². The molecule has 5 heteroatoms. The van der Waals surface area contributed by atoms with Gasteiger partial charge in [-0.05, 0) is 24.3 Å². The molecule has 4 rings (SSSR count). The molecule has 2 aliphatic rings. The van der Waals surface area contributed by atoms with Crippen molar-refractivity contribution in [2.75, 3.05) is 18.0 Å². The molecule has 1 fully saturated rings. The minimum Gasteiger partial charge on any atom is -0.484 e. The third-order valence-corrected chi connectivity index (χ3v) is 5.29. The Labute approximate surface area is 153 Å². The zero-order valence-corrected chi connectivity index (χ0v) is 14.9. The molecule has 134 valence electrons. The number of rotatable bonds is 1. The van der Waals surface area contributed by atoms with Gasteiger partial charge in [0.05, 0.1) is 12.1 Å². The topological polar surface area (TPSA) is 49.9 Å². The summed E-state index contributed by atoms with van der Waals surface area (Å²) in [4.78, 5) is 28.5. The van der Waals surface area contributed by atoms with E-state index in [1.165, 1.54) is 0 Å². The minimum atomic E-state index is -0.553. The van der Waals surface area contributed by atoms with Crippen LogP contribution in [0.25, 0.3) is 0 Å². The van der Waals surface area contributed by atoms with Crippen LogP contribution in [-0.4, -0.2) is 35.4 Å². The molecule has 2 aliphatic heterocycles. The summed E-state index contributed by atoms with van der Waals surface area (Å²) in [6.07, 6.45) is 1.63. The molecule has 1 spiro atoms. The number of hydrogen-bond donors (Lipinski definition) is 0. The van der Waals surface area contributed by atoms with E-state index in [2.05, 4.69) is 0 Å². The number of ether oxygens (including phenoxy) is 1. The number of carbonyl (C=O) groups is 2. The second-order valence-corrected chi connectivity index (χ2v) is 7.00. The Morgan fingerprint density at radius 3 is 2.35 bits per heavy atom. The van der Waals surface area contributed by atoms with E-state index < -0.39 is 5.60 Å². The fourth-order valence-electron chi connectivity index (χ4n) is 3.85. The summed E-state index contributed by atoms with van der Waals surface area (Å²) in [7, 11) is 0. The van der Waals surface area contributed by atoms with Crippen molar-refractivity contribution in [1.29, 1.82) is 0 Å². The van der Waals surface area contributed by atoms with Crippen molar-refractivity contribution in [3.8, 4) is 5.75 Å². The molecule has 0 saturated carbocycles. The number of likely N-dealkylation sites (tertiary alicyclic amines) is 1.